The fourth-order valence-electron chi connectivity index (χ4n) is 3.14. The average Bonchev–Trinajstić information content (AvgIpc) is 3.54. The van der Waals surface area contributed by atoms with E-state index in [0.717, 1.165) is 0 Å². The van der Waals surface area contributed by atoms with Crippen molar-refractivity contribution in [3.8, 4) is 0 Å². The van der Waals surface area contributed by atoms with Crippen LogP contribution in [-0.4, -0.2) is 93.9 Å². The predicted octanol–water partition coefficient (Wildman–Crippen LogP) is -3.30. The fourth-order valence-corrected chi connectivity index (χ4v) is 3.14. The van der Waals surface area contributed by atoms with Crippen molar-refractivity contribution in [1.29, 1.82) is 0 Å². The van der Waals surface area contributed by atoms with Gasteiger partial charge in [-0.1, -0.05) is 13.8 Å². The van der Waals surface area contributed by atoms with Crippen LogP contribution in [0.4, 0.5) is 0 Å². The van der Waals surface area contributed by atoms with Crippen molar-refractivity contribution in [3.63, 3.8) is 0 Å². The van der Waals surface area contributed by atoms with Crippen LogP contribution < -0.4 is 21.7 Å². The van der Waals surface area contributed by atoms with E-state index in [1.54, 1.807) is 0 Å². The van der Waals surface area contributed by atoms with Gasteiger partial charge in [0.25, 0.3) is 0 Å². The highest BCUT2D eigenvalue weighted by molar-refractivity contribution is 6.02. The quantitative estimate of drug-likeness (QED) is 0.0959. The average molecular weight is 489 g/mol. The highest BCUT2D eigenvalue weighted by Gasteiger charge is 2.54. The van der Waals surface area contributed by atoms with Crippen LogP contribution in [0, 0.1) is 11.8 Å². The van der Waals surface area contributed by atoms with Crippen LogP contribution in [-0.2, 0) is 28.7 Å². The topological polar surface area (TPSA) is 221 Å². The molecular weight excluding hydrogens is 452 g/mol. The first-order chi connectivity index (χ1) is 15.7. The number of hydrogen-bond acceptors (Lipinski definition) is 9. The van der Waals surface area contributed by atoms with Crippen molar-refractivity contribution < 1.29 is 44.0 Å². The number of Topliss-reactive ketones (excluding diaryl/α,β-unsaturated/α-hetero) is 1. The smallest absolute Gasteiger partial charge is 0.245 e. The third-order valence-corrected chi connectivity index (χ3v) is 5.48. The molecule has 13 heteroatoms. The van der Waals surface area contributed by atoms with Crippen molar-refractivity contribution in [3.05, 3.63) is 0 Å². The number of amides is 4. The Morgan fingerprint density at radius 3 is 1.68 bits per heavy atom. The number of ether oxygens (including phenoxy) is 1. The van der Waals surface area contributed by atoms with Crippen molar-refractivity contribution >= 4 is 29.4 Å². The number of aliphatic hydroxyl groups excluding tert-OH is 3. The number of ketones is 1. The summed E-state index contributed by atoms with van der Waals surface area (Å²) in [7, 11) is 0. The zero-order chi connectivity index (χ0) is 26.4. The Bertz CT molecular complexity index is 780. The first-order valence-electron chi connectivity index (χ1n) is 11.0. The molecule has 0 radical (unpaired) electrons. The van der Waals surface area contributed by atoms with Crippen molar-refractivity contribution in [1.82, 2.24) is 16.0 Å². The molecular formula is C21H36N4O9. The molecule has 7 atom stereocenters. The molecule has 0 aromatic carbocycles. The molecule has 1 aliphatic rings. The molecule has 1 rings (SSSR count). The summed E-state index contributed by atoms with van der Waals surface area (Å²) < 4.78 is 5.08. The molecule has 0 bridgehead atoms. The van der Waals surface area contributed by atoms with Crippen molar-refractivity contribution in [2.75, 3.05) is 13.2 Å². The molecule has 0 aliphatic carbocycles. The van der Waals surface area contributed by atoms with Gasteiger partial charge in [0, 0.05) is 0 Å². The fraction of sp³-hybridized carbons (Fsp3) is 0.762. The zero-order valence-corrected chi connectivity index (χ0v) is 20.0. The Labute approximate surface area is 197 Å². The van der Waals surface area contributed by atoms with Gasteiger partial charge in [-0.2, -0.15) is 0 Å². The van der Waals surface area contributed by atoms with Gasteiger partial charge in [0.15, 0.2) is 11.4 Å². The van der Waals surface area contributed by atoms with Crippen LogP contribution in [0.25, 0.3) is 0 Å². The second-order valence-electron chi connectivity index (χ2n) is 9.07. The number of epoxide rings is 1. The van der Waals surface area contributed by atoms with E-state index in [1.165, 1.54) is 20.8 Å². The minimum atomic E-state index is -1.56. The summed E-state index contributed by atoms with van der Waals surface area (Å²) in [6.07, 6.45) is -2.63. The molecule has 1 fully saturated rings. The van der Waals surface area contributed by atoms with Gasteiger partial charge in [-0.3, -0.25) is 24.0 Å². The summed E-state index contributed by atoms with van der Waals surface area (Å²) in [6, 6.07) is -4.16. The molecule has 0 aromatic rings. The van der Waals surface area contributed by atoms with E-state index in [4.69, 9.17) is 10.5 Å². The van der Waals surface area contributed by atoms with E-state index in [2.05, 4.69) is 16.0 Å². The van der Waals surface area contributed by atoms with E-state index in [9.17, 15) is 39.3 Å². The molecule has 0 saturated carbocycles. The number of rotatable bonds is 14. The van der Waals surface area contributed by atoms with Crippen LogP contribution in [0.1, 0.15) is 41.0 Å². The molecule has 0 unspecified atom stereocenters. The SMILES string of the molecule is CC(C)C[C@@H](NC(=O)[C@@H](NC(=O)[C@H](NC(=O)[C@H](C)C(N)=O)[C@@H](C)O)[C@@H](C)O)C(=O)[C@]1(CO)CO1. The number of hydrogen-bond donors (Lipinski definition) is 7. The van der Waals surface area contributed by atoms with Crippen LogP contribution in [0.3, 0.4) is 0 Å². The number of carbonyl (C=O) groups is 5. The van der Waals surface area contributed by atoms with E-state index in [1.807, 2.05) is 13.8 Å². The summed E-state index contributed by atoms with van der Waals surface area (Å²) in [5.74, 6) is -5.58. The van der Waals surface area contributed by atoms with Gasteiger partial charge in [-0.15, -0.1) is 0 Å². The third-order valence-electron chi connectivity index (χ3n) is 5.48. The Morgan fingerprint density at radius 2 is 1.32 bits per heavy atom. The highest BCUT2D eigenvalue weighted by Crippen LogP contribution is 2.30. The Balaban J connectivity index is 3.00. The van der Waals surface area contributed by atoms with E-state index < -0.39 is 77.9 Å². The Morgan fingerprint density at radius 1 is 0.882 bits per heavy atom. The molecule has 4 amide bonds. The maximum Gasteiger partial charge on any atom is 0.245 e. The van der Waals surface area contributed by atoms with Gasteiger partial charge in [0.1, 0.15) is 18.0 Å². The van der Waals surface area contributed by atoms with Gasteiger partial charge >= 0.3 is 0 Å². The number of nitrogens with one attached hydrogen (secondary N) is 3. The van der Waals surface area contributed by atoms with E-state index in [-0.39, 0.29) is 18.9 Å². The normalized spacial score (nSPS) is 22.5. The molecule has 1 heterocycles. The van der Waals surface area contributed by atoms with Crippen LogP contribution in [0.2, 0.25) is 0 Å². The first-order valence-corrected chi connectivity index (χ1v) is 11.0. The molecule has 0 aromatic heterocycles. The van der Waals surface area contributed by atoms with E-state index in [0.29, 0.717) is 0 Å². The molecule has 34 heavy (non-hydrogen) atoms. The number of nitrogens with two attached hydrogens (primary N) is 1. The van der Waals surface area contributed by atoms with Crippen molar-refractivity contribution in [2.45, 2.75) is 77.0 Å². The van der Waals surface area contributed by atoms with Gasteiger partial charge < -0.3 is 41.7 Å². The van der Waals surface area contributed by atoms with Gasteiger partial charge in [0.2, 0.25) is 23.6 Å². The third kappa shape index (κ3) is 7.72. The number of primary amides is 1. The molecule has 1 aliphatic heterocycles. The Hall–Kier alpha value is -2.61. The lowest BCUT2D eigenvalue weighted by atomic mass is 9.92. The maximum absolute atomic E-state index is 12.9. The van der Waals surface area contributed by atoms with E-state index >= 15 is 0 Å². The maximum atomic E-state index is 12.9. The van der Waals surface area contributed by atoms with Crippen LogP contribution >= 0.6 is 0 Å². The van der Waals surface area contributed by atoms with Crippen LogP contribution in [0.15, 0.2) is 0 Å². The largest absolute Gasteiger partial charge is 0.393 e. The molecule has 0 spiro atoms. The van der Waals surface area contributed by atoms with Gasteiger partial charge in [-0.25, -0.2) is 0 Å². The summed E-state index contributed by atoms with van der Waals surface area (Å²) in [5, 5.41) is 36.5. The lowest BCUT2D eigenvalue weighted by Crippen LogP contribution is -2.62. The van der Waals surface area contributed by atoms with Crippen LogP contribution in [0.5, 0.6) is 0 Å². The minimum absolute atomic E-state index is 0.0167. The lowest BCUT2D eigenvalue weighted by Gasteiger charge is -2.28. The Kier molecular flexibility index (Phi) is 10.6. The zero-order valence-electron chi connectivity index (χ0n) is 20.0. The predicted molar refractivity (Wildman–Crippen MR) is 118 cm³/mol. The molecule has 1 saturated heterocycles. The summed E-state index contributed by atoms with van der Waals surface area (Å²) in [6.45, 7) is 6.77. The van der Waals surface area contributed by atoms with Crippen molar-refractivity contribution in [2.24, 2.45) is 17.6 Å². The first kappa shape index (κ1) is 29.4. The summed E-state index contributed by atoms with van der Waals surface area (Å²) >= 11 is 0. The standard InChI is InChI=1S/C21H36N4O9/c1-9(2)6-13(16(29)21(7-26)8-34-21)23-19(32)14(11(4)27)25-20(33)15(12(5)28)24-18(31)10(3)17(22)30/h9-15,26-28H,6-8H2,1-5H3,(H2,22,30)(H,23,32)(H,24,31)(H,25,33)/t10-,11-,12-,13-,14+,15-,21+/m1/s1. The number of carbonyl (C=O) groups excluding carboxylic acids is 5. The highest BCUT2D eigenvalue weighted by atomic mass is 16.6. The molecule has 8 N–H and O–H groups in total. The monoisotopic (exact) mass is 488 g/mol. The number of aliphatic hydroxyl groups is 3. The summed E-state index contributed by atoms with van der Waals surface area (Å²) in [5.41, 5.74) is 3.69. The van der Waals surface area contributed by atoms with Gasteiger partial charge in [-0.05, 0) is 33.1 Å². The molecule has 13 nitrogen and oxygen atoms in total. The lowest BCUT2D eigenvalue weighted by molar-refractivity contribution is -0.139. The van der Waals surface area contributed by atoms with Gasteiger partial charge in [0.05, 0.1) is 31.5 Å². The second-order valence-corrected chi connectivity index (χ2v) is 9.07. The molecule has 194 valence electrons. The second kappa shape index (κ2) is 12.2. The summed E-state index contributed by atoms with van der Waals surface area (Å²) in [4.78, 5) is 61.8. The minimum Gasteiger partial charge on any atom is -0.393 e.